The van der Waals surface area contributed by atoms with Crippen molar-refractivity contribution in [3.05, 3.63) is 56.6 Å². The van der Waals surface area contributed by atoms with Crippen LogP contribution in [0.5, 0.6) is 0 Å². The Labute approximate surface area is 173 Å². The molecule has 1 N–H and O–H groups in total. The lowest BCUT2D eigenvalue weighted by atomic mass is 10.3. The number of carbonyl (C=O) groups excluding carboxylic acids is 1. The first-order valence-electron chi connectivity index (χ1n) is 7.84. The van der Waals surface area contributed by atoms with E-state index in [4.69, 9.17) is 0 Å². The van der Waals surface area contributed by atoms with Crippen LogP contribution < -0.4 is 5.32 Å². The summed E-state index contributed by atoms with van der Waals surface area (Å²) in [6.07, 6.45) is 1.70. The van der Waals surface area contributed by atoms with Gasteiger partial charge in [0.25, 0.3) is 5.91 Å². The fraction of sp³-hybridized carbons (Fsp3) is 0. The largest absolute Gasteiger partial charge is 0.305 e. The summed E-state index contributed by atoms with van der Waals surface area (Å²) in [6.45, 7) is 0. The lowest BCUT2D eigenvalue weighted by Crippen LogP contribution is -2.12. The Hall–Kier alpha value is -2.20. The van der Waals surface area contributed by atoms with E-state index in [1.54, 1.807) is 17.5 Å². The van der Waals surface area contributed by atoms with Crippen LogP contribution in [0.1, 0.15) is 9.67 Å². The molecule has 27 heavy (non-hydrogen) atoms. The summed E-state index contributed by atoms with van der Waals surface area (Å²) in [7, 11) is 0. The zero-order valence-electron chi connectivity index (χ0n) is 13.5. The summed E-state index contributed by atoms with van der Waals surface area (Å²) >= 11 is 8.07. The average molecular weight is 473 g/mol. The fourth-order valence-corrected chi connectivity index (χ4v) is 6.33. The Kier molecular flexibility index (Phi) is 4.24. The third kappa shape index (κ3) is 3.16. The van der Waals surface area contributed by atoms with E-state index < -0.39 is 0 Å². The number of hydrogen-bond acceptors (Lipinski definition) is 7. The van der Waals surface area contributed by atoms with E-state index in [0.717, 1.165) is 23.4 Å². The number of aromatic nitrogens is 3. The van der Waals surface area contributed by atoms with Gasteiger partial charge in [0.2, 0.25) is 0 Å². The van der Waals surface area contributed by atoms with Gasteiger partial charge in [-0.15, -0.1) is 34.0 Å². The Balaban J connectivity index is 1.54. The first-order valence-corrected chi connectivity index (χ1v) is 11.1. The van der Waals surface area contributed by atoms with Gasteiger partial charge in [-0.1, -0.05) is 6.07 Å². The van der Waals surface area contributed by atoms with Gasteiger partial charge in [-0.05, 0) is 51.6 Å². The number of rotatable bonds is 3. The highest BCUT2D eigenvalue weighted by Gasteiger charge is 2.17. The smallest absolute Gasteiger partial charge is 0.266 e. The summed E-state index contributed by atoms with van der Waals surface area (Å²) in [5.41, 5.74) is 0.671. The summed E-state index contributed by atoms with van der Waals surface area (Å²) in [4.78, 5) is 27.7. The highest BCUT2D eigenvalue weighted by molar-refractivity contribution is 9.11. The molecule has 5 aromatic heterocycles. The average Bonchev–Trinajstić information content (AvgIpc) is 3.36. The molecule has 0 unspecified atom stereocenters. The van der Waals surface area contributed by atoms with Crippen LogP contribution >= 0.6 is 49.9 Å². The zero-order valence-corrected chi connectivity index (χ0v) is 17.5. The Morgan fingerprint density at radius 3 is 2.78 bits per heavy atom. The van der Waals surface area contributed by atoms with Gasteiger partial charge in [-0.25, -0.2) is 9.97 Å². The molecular weight excluding hydrogens is 464 g/mol. The summed E-state index contributed by atoms with van der Waals surface area (Å²) in [5, 5.41) is 5.72. The van der Waals surface area contributed by atoms with Crippen LogP contribution in [0.25, 0.3) is 31.1 Å². The molecule has 0 bridgehead atoms. The van der Waals surface area contributed by atoms with Crippen molar-refractivity contribution in [1.29, 1.82) is 0 Å². The first kappa shape index (κ1) is 16.9. The molecule has 5 heterocycles. The monoisotopic (exact) mass is 472 g/mol. The standard InChI is InChI=1S/C18H9BrN4OS3/c19-14-8-12-11(27-14)7-13(26-12)17(24)22-15-9-4-6-25-18(9)23-16(21-15)10-3-1-2-5-20-10/h1-8H,(H,21,22,23,24). The van der Waals surface area contributed by atoms with Gasteiger partial charge in [-0.2, -0.15) is 0 Å². The third-order valence-corrected chi connectivity index (χ3v) is 7.45. The maximum Gasteiger partial charge on any atom is 0.266 e. The number of hydrogen-bond donors (Lipinski definition) is 1. The van der Waals surface area contributed by atoms with E-state index in [9.17, 15) is 4.79 Å². The normalized spacial score (nSPS) is 11.3. The molecule has 0 saturated carbocycles. The number of fused-ring (bicyclic) bond motifs is 2. The van der Waals surface area contributed by atoms with E-state index in [2.05, 4.69) is 36.2 Å². The van der Waals surface area contributed by atoms with Gasteiger partial charge in [0, 0.05) is 15.6 Å². The second-order valence-electron chi connectivity index (χ2n) is 5.59. The van der Waals surface area contributed by atoms with E-state index in [1.807, 2.05) is 41.8 Å². The van der Waals surface area contributed by atoms with Crippen LogP contribution in [0.15, 0.2) is 51.8 Å². The summed E-state index contributed by atoms with van der Waals surface area (Å²) in [5.74, 6) is 0.833. The minimum atomic E-state index is -0.169. The molecule has 5 nitrogen and oxygen atoms in total. The van der Waals surface area contributed by atoms with Crippen molar-refractivity contribution < 1.29 is 4.79 Å². The molecule has 0 atom stereocenters. The highest BCUT2D eigenvalue weighted by atomic mass is 79.9. The summed E-state index contributed by atoms with van der Waals surface area (Å²) < 4.78 is 3.25. The molecule has 0 spiro atoms. The van der Waals surface area contributed by atoms with Crippen LogP contribution in [0.2, 0.25) is 0 Å². The lowest BCUT2D eigenvalue weighted by Gasteiger charge is -2.07. The van der Waals surface area contributed by atoms with E-state index in [0.29, 0.717) is 22.2 Å². The fourth-order valence-electron chi connectivity index (χ4n) is 2.65. The molecule has 0 radical (unpaired) electrons. The number of thiophene rings is 3. The molecule has 5 rings (SSSR count). The van der Waals surface area contributed by atoms with Crippen molar-refractivity contribution in [3.63, 3.8) is 0 Å². The van der Waals surface area contributed by atoms with Crippen molar-refractivity contribution in [2.24, 2.45) is 0 Å². The molecule has 1 amide bonds. The van der Waals surface area contributed by atoms with Crippen LogP contribution in [-0.4, -0.2) is 20.9 Å². The molecule has 0 aliphatic heterocycles. The quantitative estimate of drug-likeness (QED) is 0.347. The van der Waals surface area contributed by atoms with Crippen LogP contribution in [-0.2, 0) is 0 Å². The van der Waals surface area contributed by atoms with Gasteiger partial charge >= 0.3 is 0 Å². The minimum Gasteiger partial charge on any atom is -0.305 e. The van der Waals surface area contributed by atoms with Crippen molar-refractivity contribution in [1.82, 2.24) is 15.0 Å². The molecule has 0 aromatic carbocycles. The molecule has 0 fully saturated rings. The predicted molar refractivity (Wildman–Crippen MR) is 116 cm³/mol. The maximum atomic E-state index is 12.8. The van der Waals surface area contributed by atoms with Crippen molar-refractivity contribution in [2.45, 2.75) is 0 Å². The number of nitrogens with one attached hydrogen (secondary N) is 1. The molecule has 5 aromatic rings. The Morgan fingerprint density at radius 1 is 1.07 bits per heavy atom. The SMILES string of the molecule is O=C(Nc1nc(-c2ccccn2)nc2sccc12)c1cc2sc(Br)cc2s1. The molecule has 132 valence electrons. The number of carbonyl (C=O) groups is 1. The van der Waals surface area contributed by atoms with Crippen LogP contribution in [0.3, 0.4) is 0 Å². The topological polar surface area (TPSA) is 67.8 Å². The molecule has 9 heteroatoms. The van der Waals surface area contributed by atoms with Gasteiger partial charge in [0.05, 0.1) is 14.0 Å². The van der Waals surface area contributed by atoms with Crippen molar-refractivity contribution in [2.75, 3.05) is 5.32 Å². The lowest BCUT2D eigenvalue weighted by molar-refractivity contribution is 0.103. The molecule has 0 saturated heterocycles. The highest BCUT2D eigenvalue weighted by Crippen LogP contribution is 2.36. The molecule has 0 aliphatic carbocycles. The van der Waals surface area contributed by atoms with Gasteiger partial charge in [-0.3, -0.25) is 9.78 Å². The summed E-state index contributed by atoms with van der Waals surface area (Å²) in [6, 6.07) is 11.4. The van der Waals surface area contributed by atoms with E-state index >= 15 is 0 Å². The predicted octanol–water partition coefficient (Wildman–Crippen LogP) is 6.04. The maximum absolute atomic E-state index is 12.8. The molecular formula is C18H9BrN4OS3. The van der Waals surface area contributed by atoms with Gasteiger partial charge in [0.15, 0.2) is 5.82 Å². The number of amides is 1. The van der Waals surface area contributed by atoms with Crippen molar-refractivity contribution >= 4 is 81.3 Å². The van der Waals surface area contributed by atoms with Crippen molar-refractivity contribution in [3.8, 4) is 11.5 Å². The van der Waals surface area contributed by atoms with Crippen LogP contribution in [0, 0.1) is 0 Å². The number of nitrogens with zero attached hydrogens (tertiary/aromatic N) is 3. The minimum absolute atomic E-state index is 0.169. The van der Waals surface area contributed by atoms with Gasteiger partial charge < -0.3 is 5.32 Å². The Bertz CT molecular complexity index is 1260. The Morgan fingerprint density at radius 2 is 1.96 bits per heavy atom. The van der Waals surface area contributed by atoms with E-state index in [-0.39, 0.29) is 5.91 Å². The number of pyridine rings is 1. The van der Waals surface area contributed by atoms with Crippen LogP contribution in [0.4, 0.5) is 5.82 Å². The van der Waals surface area contributed by atoms with Gasteiger partial charge in [0.1, 0.15) is 16.3 Å². The molecule has 0 aliphatic rings. The number of anilines is 1. The third-order valence-electron chi connectivity index (χ3n) is 3.85. The second kappa shape index (κ2) is 6.75. The number of halogens is 1. The first-order chi connectivity index (χ1) is 13.2. The second-order valence-corrected chi connectivity index (χ2v) is 10.0. The zero-order chi connectivity index (χ0) is 18.4. The van der Waals surface area contributed by atoms with E-state index in [1.165, 1.54) is 22.7 Å².